The second-order valence-corrected chi connectivity index (χ2v) is 8.81. The molecule has 0 unspecified atom stereocenters. The molecule has 0 saturated carbocycles. The van der Waals surface area contributed by atoms with E-state index in [2.05, 4.69) is 117 Å². The molecule has 0 heteroatoms. The van der Waals surface area contributed by atoms with Crippen LogP contribution >= 0.6 is 0 Å². The summed E-state index contributed by atoms with van der Waals surface area (Å²) in [5.74, 6) is 0. The lowest BCUT2D eigenvalue weighted by molar-refractivity contribution is 0.968. The SMILES string of the molecule is C=C/C=C/C/C=C/CC/C=C/CC/C=C/CC/C=C/CC/C=C/CC/C=C/CC/C=C/CC/C=C/C. The van der Waals surface area contributed by atoms with Crippen LogP contribution in [-0.4, -0.2) is 0 Å². The summed E-state index contributed by atoms with van der Waals surface area (Å²) in [7, 11) is 0. The molecule has 0 aromatic heterocycles. The zero-order valence-electron chi connectivity index (χ0n) is 23.3. The highest BCUT2D eigenvalue weighted by Crippen LogP contribution is 2.03. The van der Waals surface area contributed by atoms with Gasteiger partial charge in [-0.3, -0.25) is 0 Å². The average molecular weight is 487 g/mol. The minimum Gasteiger partial charge on any atom is -0.0991 e. The monoisotopic (exact) mass is 486 g/mol. The molecular formula is C36H54. The van der Waals surface area contributed by atoms with Crippen LogP contribution in [0.25, 0.3) is 0 Å². The molecule has 0 aliphatic rings. The van der Waals surface area contributed by atoms with Gasteiger partial charge in [0.25, 0.3) is 0 Å². The van der Waals surface area contributed by atoms with Crippen LogP contribution in [0.5, 0.6) is 0 Å². The Labute approximate surface area is 225 Å². The zero-order chi connectivity index (χ0) is 26.0. The van der Waals surface area contributed by atoms with Crippen molar-refractivity contribution < 1.29 is 0 Å². The Hall–Kier alpha value is -2.60. The fraction of sp³-hybridized carbons (Fsp3) is 0.444. The van der Waals surface area contributed by atoms with Gasteiger partial charge in [-0.2, -0.15) is 0 Å². The molecular weight excluding hydrogens is 432 g/mol. The standard InChI is InChI=1S/C36H54/c1-3-5-7-9-11-13-15-17-19-21-23-25-27-29-31-33-35-36-34-32-30-28-26-24-22-20-18-16-14-12-10-8-6-4-2/h3-7,11-14,19-22,27-30,35-36H,1,8-10,15-18,23-26,31-34H2,2H3/b6-4+,7-5+,13-11+,14-12+,21-19+,22-20+,29-27+,30-28+,36-35+. The lowest BCUT2D eigenvalue weighted by atomic mass is 10.2. The average Bonchev–Trinajstić information content (AvgIpc) is 2.89. The highest BCUT2D eigenvalue weighted by Gasteiger charge is 1.83. The summed E-state index contributed by atoms with van der Waals surface area (Å²) in [5.41, 5.74) is 0. The predicted molar refractivity (Wildman–Crippen MR) is 167 cm³/mol. The number of hydrogen-bond donors (Lipinski definition) is 0. The minimum atomic E-state index is 1.00. The van der Waals surface area contributed by atoms with E-state index in [0.29, 0.717) is 0 Å². The van der Waals surface area contributed by atoms with Crippen molar-refractivity contribution >= 4 is 0 Å². The molecule has 0 fully saturated rings. The van der Waals surface area contributed by atoms with Crippen molar-refractivity contribution in [1.29, 1.82) is 0 Å². The van der Waals surface area contributed by atoms with E-state index in [0.717, 1.165) is 89.9 Å². The largest absolute Gasteiger partial charge is 0.0991 e. The number of hydrogen-bond acceptors (Lipinski definition) is 0. The van der Waals surface area contributed by atoms with Gasteiger partial charge >= 0.3 is 0 Å². The molecule has 0 bridgehead atoms. The van der Waals surface area contributed by atoms with E-state index < -0.39 is 0 Å². The van der Waals surface area contributed by atoms with E-state index in [1.165, 1.54) is 6.42 Å². The van der Waals surface area contributed by atoms with E-state index in [9.17, 15) is 0 Å². The van der Waals surface area contributed by atoms with Crippen molar-refractivity contribution in [2.75, 3.05) is 0 Å². The summed E-state index contributed by atoms with van der Waals surface area (Å²) in [4.78, 5) is 0. The number of unbranched alkanes of at least 4 members (excludes halogenated alkanes) is 7. The first-order chi connectivity index (χ1) is 17.9. The predicted octanol–water partition coefficient (Wildman–Crippen LogP) is 12.0. The smallest absolute Gasteiger partial charge is 0.0166 e. The molecule has 0 heterocycles. The fourth-order valence-corrected chi connectivity index (χ4v) is 3.40. The topological polar surface area (TPSA) is 0 Å². The molecule has 0 radical (unpaired) electrons. The van der Waals surface area contributed by atoms with E-state index in [1.807, 2.05) is 12.2 Å². The van der Waals surface area contributed by atoms with Gasteiger partial charge in [0.2, 0.25) is 0 Å². The first kappa shape index (κ1) is 33.4. The molecule has 0 spiro atoms. The van der Waals surface area contributed by atoms with E-state index in [4.69, 9.17) is 0 Å². The molecule has 0 aliphatic heterocycles. The lowest BCUT2D eigenvalue weighted by Gasteiger charge is -1.91. The van der Waals surface area contributed by atoms with Crippen molar-refractivity contribution in [3.8, 4) is 0 Å². The van der Waals surface area contributed by atoms with Crippen molar-refractivity contribution in [1.82, 2.24) is 0 Å². The van der Waals surface area contributed by atoms with Gasteiger partial charge in [0.1, 0.15) is 0 Å². The van der Waals surface area contributed by atoms with Crippen LogP contribution < -0.4 is 0 Å². The van der Waals surface area contributed by atoms with Crippen molar-refractivity contribution in [3.05, 3.63) is 122 Å². The van der Waals surface area contributed by atoms with Crippen LogP contribution in [0.1, 0.15) is 103 Å². The van der Waals surface area contributed by atoms with Gasteiger partial charge < -0.3 is 0 Å². The Morgan fingerprint density at radius 1 is 0.333 bits per heavy atom. The van der Waals surface area contributed by atoms with E-state index in [1.54, 1.807) is 0 Å². The Bertz CT molecular complexity index is 715. The van der Waals surface area contributed by atoms with Gasteiger partial charge in [0, 0.05) is 0 Å². The van der Waals surface area contributed by atoms with Crippen LogP contribution in [-0.2, 0) is 0 Å². The molecule has 0 atom stereocenters. The van der Waals surface area contributed by atoms with Crippen LogP contribution in [0.2, 0.25) is 0 Å². The molecule has 198 valence electrons. The molecule has 0 aromatic carbocycles. The summed E-state index contributed by atoms with van der Waals surface area (Å²) in [6, 6.07) is 0. The molecule has 36 heavy (non-hydrogen) atoms. The summed E-state index contributed by atoms with van der Waals surface area (Å²) in [5, 5.41) is 0. The third-order valence-corrected chi connectivity index (χ3v) is 5.45. The highest BCUT2D eigenvalue weighted by molar-refractivity contribution is 5.01. The van der Waals surface area contributed by atoms with Gasteiger partial charge in [-0.05, 0) is 103 Å². The van der Waals surface area contributed by atoms with Crippen molar-refractivity contribution in [2.24, 2.45) is 0 Å². The van der Waals surface area contributed by atoms with Crippen LogP contribution in [0.15, 0.2) is 122 Å². The van der Waals surface area contributed by atoms with Gasteiger partial charge in [0.15, 0.2) is 0 Å². The molecule has 0 aromatic rings. The van der Waals surface area contributed by atoms with Gasteiger partial charge in [-0.25, -0.2) is 0 Å². The second kappa shape index (κ2) is 32.4. The van der Waals surface area contributed by atoms with Crippen molar-refractivity contribution in [2.45, 2.75) is 103 Å². The summed E-state index contributed by atoms with van der Waals surface area (Å²) >= 11 is 0. The Balaban J connectivity index is 3.44. The molecule has 0 rings (SSSR count). The van der Waals surface area contributed by atoms with E-state index >= 15 is 0 Å². The molecule has 0 nitrogen and oxygen atoms in total. The first-order valence-electron chi connectivity index (χ1n) is 14.4. The van der Waals surface area contributed by atoms with E-state index in [-0.39, 0.29) is 0 Å². The van der Waals surface area contributed by atoms with Crippen LogP contribution in [0, 0.1) is 0 Å². The molecule has 0 saturated heterocycles. The molecule has 0 amide bonds. The van der Waals surface area contributed by atoms with Gasteiger partial charge in [-0.15, -0.1) is 0 Å². The van der Waals surface area contributed by atoms with Crippen molar-refractivity contribution in [3.63, 3.8) is 0 Å². The zero-order valence-corrected chi connectivity index (χ0v) is 23.3. The lowest BCUT2D eigenvalue weighted by Crippen LogP contribution is -1.71. The quantitative estimate of drug-likeness (QED) is 0.0722. The van der Waals surface area contributed by atoms with Gasteiger partial charge in [-0.1, -0.05) is 122 Å². The first-order valence-corrected chi connectivity index (χ1v) is 14.4. The third-order valence-electron chi connectivity index (χ3n) is 5.45. The summed E-state index contributed by atoms with van der Waals surface area (Å²) in [6.07, 6.45) is 59.8. The maximum absolute atomic E-state index is 3.67. The minimum absolute atomic E-state index is 1.00. The summed E-state index contributed by atoms with van der Waals surface area (Å²) in [6.45, 7) is 5.75. The fourth-order valence-electron chi connectivity index (χ4n) is 3.40. The number of allylic oxidation sites excluding steroid dienone is 19. The maximum Gasteiger partial charge on any atom is -0.0166 e. The van der Waals surface area contributed by atoms with Gasteiger partial charge in [0.05, 0.1) is 0 Å². The number of rotatable bonds is 24. The Kier molecular flexibility index (Phi) is 30.1. The highest BCUT2D eigenvalue weighted by atomic mass is 13.9. The summed E-state index contributed by atoms with van der Waals surface area (Å²) < 4.78 is 0. The third kappa shape index (κ3) is 31.4. The Morgan fingerprint density at radius 3 is 0.833 bits per heavy atom. The normalized spacial score (nSPS) is 13.4. The van der Waals surface area contributed by atoms with Crippen LogP contribution in [0.3, 0.4) is 0 Å². The Morgan fingerprint density at radius 2 is 0.583 bits per heavy atom. The second-order valence-electron chi connectivity index (χ2n) is 8.81. The van der Waals surface area contributed by atoms with Crippen LogP contribution in [0.4, 0.5) is 0 Å². The molecule has 0 aliphatic carbocycles. The molecule has 0 N–H and O–H groups in total. The maximum atomic E-state index is 3.67.